The third-order valence-corrected chi connectivity index (χ3v) is 5.29. The number of ether oxygens (including phenoxy) is 4. The highest BCUT2D eigenvalue weighted by Gasteiger charge is 2.12. The van der Waals surface area contributed by atoms with E-state index < -0.39 is 0 Å². The fourth-order valence-electron chi connectivity index (χ4n) is 3.59. The summed E-state index contributed by atoms with van der Waals surface area (Å²) < 4.78 is 21.7. The zero-order valence-corrected chi connectivity index (χ0v) is 19.5. The number of methoxy groups -OCH3 is 2. The summed E-state index contributed by atoms with van der Waals surface area (Å²) in [5.41, 5.74) is 3.24. The minimum absolute atomic E-state index is 0.403. The Balaban J connectivity index is 1.70. The second-order valence-electron chi connectivity index (χ2n) is 7.92. The lowest BCUT2D eigenvalue weighted by Crippen LogP contribution is -2.04. The molecule has 0 radical (unpaired) electrons. The van der Waals surface area contributed by atoms with Crippen LogP contribution in [0.1, 0.15) is 68.2 Å². The SMILES string of the molecule is COCOCCCCCCCCCCc1nc(OC)cc(C)c1OCc1ccccc1. The molecule has 0 saturated heterocycles. The van der Waals surface area contributed by atoms with Gasteiger partial charge < -0.3 is 18.9 Å². The van der Waals surface area contributed by atoms with Crippen LogP contribution < -0.4 is 9.47 Å². The largest absolute Gasteiger partial charge is 0.487 e. The Bertz CT molecular complexity index is 721. The van der Waals surface area contributed by atoms with Crippen molar-refractivity contribution in [1.82, 2.24) is 4.98 Å². The van der Waals surface area contributed by atoms with Crippen LogP contribution in [0.5, 0.6) is 11.6 Å². The van der Waals surface area contributed by atoms with Gasteiger partial charge in [0.1, 0.15) is 19.1 Å². The molecule has 0 saturated carbocycles. The van der Waals surface area contributed by atoms with E-state index in [4.69, 9.17) is 18.9 Å². The Hall–Kier alpha value is -2.11. The number of pyridine rings is 1. The summed E-state index contributed by atoms with van der Waals surface area (Å²) in [6.07, 6.45) is 10.7. The van der Waals surface area contributed by atoms with Gasteiger partial charge in [-0.15, -0.1) is 0 Å². The number of unbranched alkanes of at least 4 members (excludes halogenated alkanes) is 7. The molecule has 0 N–H and O–H groups in total. The molecule has 1 heterocycles. The first-order valence-electron chi connectivity index (χ1n) is 11.5. The molecule has 0 aliphatic carbocycles. The fraction of sp³-hybridized carbons (Fsp3) is 0.577. The third kappa shape index (κ3) is 10.2. The van der Waals surface area contributed by atoms with Crippen LogP contribution in [0.4, 0.5) is 0 Å². The summed E-state index contributed by atoms with van der Waals surface area (Å²) in [5.74, 6) is 1.56. The highest BCUT2D eigenvalue weighted by atomic mass is 16.7. The topological polar surface area (TPSA) is 49.8 Å². The lowest BCUT2D eigenvalue weighted by Gasteiger charge is -2.15. The minimum atomic E-state index is 0.403. The molecule has 0 atom stereocenters. The van der Waals surface area contributed by atoms with Crippen LogP contribution in [0, 0.1) is 6.92 Å². The smallest absolute Gasteiger partial charge is 0.213 e. The molecule has 1 aromatic carbocycles. The molecule has 172 valence electrons. The molecule has 1 aromatic heterocycles. The second kappa shape index (κ2) is 15.7. The molecule has 31 heavy (non-hydrogen) atoms. The van der Waals surface area contributed by atoms with Crippen molar-refractivity contribution in [3.8, 4) is 11.6 Å². The second-order valence-corrected chi connectivity index (χ2v) is 7.92. The molecule has 0 bridgehead atoms. The number of nitrogens with zero attached hydrogens (tertiary/aromatic N) is 1. The molecule has 5 heteroatoms. The molecule has 0 fully saturated rings. The Morgan fingerprint density at radius 1 is 0.839 bits per heavy atom. The summed E-state index contributed by atoms with van der Waals surface area (Å²) in [4.78, 5) is 4.69. The van der Waals surface area contributed by atoms with E-state index in [9.17, 15) is 0 Å². The van der Waals surface area contributed by atoms with Crippen molar-refractivity contribution >= 4 is 0 Å². The average Bonchev–Trinajstić information content (AvgIpc) is 2.79. The monoisotopic (exact) mass is 429 g/mol. The molecule has 0 unspecified atom stereocenters. The van der Waals surface area contributed by atoms with Crippen LogP contribution >= 0.6 is 0 Å². The van der Waals surface area contributed by atoms with Gasteiger partial charge in [-0.25, -0.2) is 4.98 Å². The van der Waals surface area contributed by atoms with E-state index in [0.717, 1.165) is 48.4 Å². The summed E-state index contributed by atoms with van der Waals surface area (Å²) in [6, 6.07) is 12.2. The fourth-order valence-corrected chi connectivity index (χ4v) is 3.59. The van der Waals surface area contributed by atoms with Gasteiger partial charge in [0.15, 0.2) is 0 Å². The summed E-state index contributed by atoms with van der Waals surface area (Å²) >= 11 is 0. The van der Waals surface area contributed by atoms with Crippen LogP contribution in [0.2, 0.25) is 0 Å². The number of aromatic nitrogens is 1. The number of hydrogen-bond donors (Lipinski definition) is 0. The maximum atomic E-state index is 6.17. The molecule has 0 spiro atoms. The molecule has 2 aromatic rings. The van der Waals surface area contributed by atoms with Crippen molar-refractivity contribution in [3.63, 3.8) is 0 Å². The van der Waals surface area contributed by atoms with Gasteiger partial charge in [-0.3, -0.25) is 0 Å². The molecular weight excluding hydrogens is 390 g/mol. The van der Waals surface area contributed by atoms with Gasteiger partial charge in [-0.1, -0.05) is 68.9 Å². The van der Waals surface area contributed by atoms with Crippen LogP contribution in [0.15, 0.2) is 36.4 Å². The van der Waals surface area contributed by atoms with Crippen LogP contribution in [-0.4, -0.2) is 32.6 Å². The average molecular weight is 430 g/mol. The third-order valence-electron chi connectivity index (χ3n) is 5.29. The zero-order valence-electron chi connectivity index (χ0n) is 19.5. The Labute approximate surface area is 188 Å². The first-order valence-corrected chi connectivity index (χ1v) is 11.5. The summed E-state index contributed by atoms with van der Waals surface area (Å²) in [7, 11) is 3.32. The molecule has 0 amide bonds. The highest BCUT2D eigenvalue weighted by Crippen LogP contribution is 2.28. The molecular formula is C26H39NO4. The molecule has 0 aliphatic rings. The lowest BCUT2D eigenvalue weighted by molar-refractivity contribution is -0.0315. The van der Waals surface area contributed by atoms with Crippen molar-refractivity contribution in [2.75, 3.05) is 27.6 Å². The Kier molecular flexibility index (Phi) is 12.7. The first-order chi connectivity index (χ1) is 15.2. The van der Waals surface area contributed by atoms with Crippen LogP contribution in [0.3, 0.4) is 0 Å². The van der Waals surface area contributed by atoms with E-state index in [1.54, 1.807) is 14.2 Å². The van der Waals surface area contributed by atoms with Gasteiger partial charge in [0.2, 0.25) is 5.88 Å². The predicted octanol–water partition coefficient (Wildman–Crippen LogP) is 6.26. The number of aryl methyl sites for hydroxylation is 2. The molecule has 2 rings (SSSR count). The Morgan fingerprint density at radius 3 is 2.19 bits per heavy atom. The van der Waals surface area contributed by atoms with Crippen molar-refractivity contribution in [3.05, 3.63) is 53.2 Å². The number of rotatable bonds is 17. The summed E-state index contributed by atoms with van der Waals surface area (Å²) in [5, 5.41) is 0. The van der Waals surface area contributed by atoms with Gasteiger partial charge in [0.05, 0.1) is 12.8 Å². The predicted molar refractivity (Wildman–Crippen MR) is 125 cm³/mol. The standard InChI is InChI=1S/C26H39NO4/c1-22-19-25(29-3)27-24(26(22)31-20-23-15-11-10-12-16-23)17-13-8-6-4-5-7-9-14-18-30-21-28-2/h10-12,15-16,19H,4-9,13-14,17-18,20-21H2,1-3H3. The van der Waals surface area contributed by atoms with E-state index >= 15 is 0 Å². The molecule has 0 aliphatic heterocycles. The highest BCUT2D eigenvalue weighted by molar-refractivity contribution is 5.40. The van der Waals surface area contributed by atoms with Crippen LogP contribution in [0.25, 0.3) is 0 Å². The van der Waals surface area contributed by atoms with E-state index in [0.29, 0.717) is 19.3 Å². The van der Waals surface area contributed by atoms with Crippen molar-refractivity contribution in [1.29, 1.82) is 0 Å². The van der Waals surface area contributed by atoms with E-state index in [-0.39, 0.29) is 0 Å². The van der Waals surface area contributed by atoms with Gasteiger partial charge in [-0.05, 0) is 37.3 Å². The summed E-state index contributed by atoms with van der Waals surface area (Å²) in [6.45, 7) is 3.82. The van der Waals surface area contributed by atoms with Gasteiger partial charge >= 0.3 is 0 Å². The van der Waals surface area contributed by atoms with E-state index in [2.05, 4.69) is 24.0 Å². The first kappa shape index (κ1) is 25.2. The quantitative estimate of drug-likeness (QED) is 0.219. The van der Waals surface area contributed by atoms with Crippen molar-refractivity contribution in [2.24, 2.45) is 0 Å². The maximum absolute atomic E-state index is 6.17. The van der Waals surface area contributed by atoms with E-state index in [1.165, 1.54) is 38.5 Å². The number of benzene rings is 1. The minimum Gasteiger partial charge on any atom is -0.487 e. The van der Waals surface area contributed by atoms with Crippen molar-refractivity contribution in [2.45, 2.75) is 71.3 Å². The normalized spacial score (nSPS) is 10.9. The van der Waals surface area contributed by atoms with Gasteiger partial charge in [0.25, 0.3) is 0 Å². The zero-order chi connectivity index (χ0) is 22.2. The maximum Gasteiger partial charge on any atom is 0.213 e. The lowest BCUT2D eigenvalue weighted by atomic mass is 10.0. The number of hydrogen-bond acceptors (Lipinski definition) is 5. The Morgan fingerprint density at radius 2 is 1.52 bits per heavy atom. The van der Waals surface area contributed by atoms with Crippen molar-refractivity contribution < 1.29 is 18.9 Å². The van der Waals surface area contributed by atoms with Gasteiger partial charge in [-0.2, -0.15) is 0 Å². The van der Waals surface area contributed by atoms with E-state index in [1.807, 2.05) is 24.3 Å². The van der Waals surface area contributed by atoms with Crippen LogP contribution in [-0.2, 0) is 22.5 Å². The van der Waals surface area contributed by atoms with Gasteiger partial charge in [0, 0.05) is 19.8 Å². The molecule has 5 nitrogen and oxygen atoms in total.